The molecule has 1 aromatic rings. The molecular weight excluding hydrogens is 266 g/mol. The van der Waals surface area contributed by atoms with Crippen molar-refractivity contribution in [3.8, 4) is 11.5 Å². The van der Waals surface area contributed by atoms with Gasteiger partial charge in [0.15, 0.2) is 11.5 Å². The minimum absolute atomic E-state index is 0.117. The largest absolute Gasteiger partial charge is 0.480 e. The summed E-state index contributed by atoms with van der Waals surface area (Å²) in [5, 5.41) is 11.5. The fourth-order valence-corrected chi connectivity index (χ4v) is 1.77. The van der Waals surface area contributed by atoms with Gasteiger partial charge in [0.2, 0.25) is 6.79 Å². The number of methoxy groups -OCH3 is 1. The van der Waals surface area contributed by atoms with Crippen molar-refractivity contribution < 1.29 is 28.9 Å². The van der Waals surface area contributed by atoms with Crippen LogP contribution in [0.3, 0.4) is 0 Å². The Morgan fingerprint density at radius 1 is 1.40 bits per heavy atom. The molecule has 0 radical (unpaired) electrons. The molecule has 0 saturated heterocycles. The second-order valence-electron chi connectivity index (χ2n) is 4.21. The number of carbonyl (C=O) groups is 2. The van der Waals surface area contributed by atoms with E-state index < -0.39 is 17.9 Å². The summed E-state index contributed by atoms with van der Waals surface area (Å²) in [5.41, 5.74) is 0.318. The van der Waals surface area contributed by atoms with Crippen molar-refractivity contribution in [2.24, 2.45) is 0 Å². The van der Waals surface area contributed by atoms with Crippen molar-refractivity contribution in [3.05, 3.63) is 23.8 Å². The Bertz CT molecular complexity index is 516. The highest BCUT2D eigenvalue weighted by Gasteiger charge is 2.22. The van der Waals surface area contributed by atoms with Crippen LogP contribution in [0.4, 0.5) is 0 Å². The molecular formula is C13H15NO6. The second-order valence-corrected chi connectivity index (χ2v) is 4.21. The fourth-order valence-electron chi connectivity index (χ4n) is 1.77. The first-order valence-corrected chi connectivity index (χ1v) is 6.04. The zero-order chi connectivity index (χ0) is 14.5. The third kappa shape index (κ3) is 3.18. The van der Waals surface area contributed by atoms with E-state index in [0.717, 1.165) is 0 Å². The minimum Gasteiger partial charge on any atom is -0.480 e. The Labute approximate surface area is 115 Å². The number of benzene rings is 1. The van der Waals surface area contributed by atoms with E-state index in [1.807, 2.05) is 0 Å². The van der Waals surface area contributed by atoms with Gasteiger partial charge in [-0.15, -0.1) is 0 Å². The van der Waals surface area contributed by atoms with Crippen LogP contribution in [0.2, 0.25) is 0 Å². The van der Waals surface area contributed by atoms with Gasteiger partial charge < -0.3 is 24.6 Å². The zero-order valence-corrected chi connectivity index (χ0v) is 10.9. The molecule has 0 unspecified atom stereocenters. The molecule has 108 valence electrons. The van der Waals surface area contributed by atoms with Crippen molar-refractivity contribution in [1.82, 2.24) is 5.32 Å². The molecule has 0 aliphatic carbocycles. The first-order chi connectivity index (χ1) is 9.61. The number of rotatable bonds is 6. The van der Waals surface area contributed by atoms with Gasteiger partial charge in [0.25, 0.3) is 5.91 Å². The van der Waals surface area contributed by atoms with E-state index in [1.165, 1.54) is 13.2 Å². The molecule has 1 aliphatic rings. The van der Waals surface area contributed by atoms with Gasteiger partial charge in [-0.25, -0.2) is 4.79 Å². The van der Waals surface area contributed by atoms with Crippen LogP contribution < -0.4 is 14.8 Å². The highest BCUT2D eigenvalue weighted by Crippen LogP contribution is 2.32. The van der Waals surface area contributed by atoms with E-state index in [0.29, 0.717) is 17.1 Å². The molecule has 7 nitrogen and oxygen atoms in total. The van der Waals surface area contributed by atoms with E-state index in [-0.39, 0.29) is 19.8 Å². The van der Waals surface area contributed by atoms with Crippen LogP contribution in [-0.2, 0) is 9.53 Å². The molecule has 7 heteroatoms. The summed E-state index contributed by atoms with van der Waals surface area (Å²) >= 11 is 0. The van der Waals surface area contributed by atoms with Gasteiger partial charge in [-0.3, -0.25) is 4.79 Å². The Morgan fingerprint density at radius 2 is 2.15 bits per heavy atom. The molecule has 0 spiro atoms. The fraction of sp³-hybridized carbons (Fsp3) is 0.385. The number of aliphatic carboxylic acids is 1. The molecule has 1 heterocycles. The van der Waals surface area contributed by atoms with Gasteiger partial charge in [0.1, 0.15) is 6.04 Å². The third-order valence-corrected chi connectivity index (χ3v) is 2.85. The van der Waals surface area contributed by atoms with Crippen molar-refractivity contribution in [2.75, 3.05) is 20.5 Å². The number of nitrogens with one attached hydrogen (secondary N) is 1. The third-order valence-electron chi connectivity index (χ3n) is 2.85. The summed E-state index contributed by atoms with van der Waals surface area (Å²) in [4.78, 5) is 23.1. The normalized spacial score (nSPS) is 13.8. The van der Waals surface area contributed by atoms with Gasteiger partial charge in [0, 0.05) is 25.7 Å². The van der Waals surface area contributed by atoms with Gasteiger partial charge >= 0.3 is 5.97 Å². The van der Waals surface area contributed by atoms with Gasteiger partial charge in [-0.1, -0.05) is 0 Å². The highest BCUT2D eigenvalue weighted by molar-refractivity contribution is 5.97. The van der Waals surface area contributed by atoms with E-state index in [9.17, 15) is 9.59 Å². The lowest BCUT2D eigenvalue weighted by molar-refractivity contribution is -0.139. The first kappa shape index (κ1) is 14.1. The average Bonchev–Trinajstić information content (AvgIpc) is 2.90. The summed E-state index contributed by atoms with van der Waals surface area (Å²) in [6, 6.07) is 3.69. The number of carboxylic acids is 1. The predicted octanol–water partition coefficient (Wildman–Crippen LogP) is 0.635. The van der Waals surface area contributed by atoms with Crippen LogP contribution >= 0.6 is 0 Å². The van der Waals surface area contributed by atoms with E-state index >= 15 is 0 Å². The molecule has 2 N–H and O–H groups in total. The summed E-state index contributed by atoms with van der Waals surface area (Å²) in [5.74, 6) is -0.542. The molecule has 1 aliphatic heterocycles. The number of ether oxygens (including phenoxy) is 3. The summed E-state index contributed by atoms with van der Waals surface area (Å²) < 4.78 is 15.1. The Hall–Kier alpha value is -2.28. The van der Waals surface area contributed by atoms with Gasteiger partial charge in [-0.05, 0) is 18.2 Å². The van der Waals surface area contributed by atoms with Crippen molar-refractivity contribution in [3.63, 3.8) is 0 Å². The molecule has 0 fully saturated rings. The molecule has 1 amide bonds. The number of carboxylic acid groups (broad SMARTS) is 1. The predicted molar refractivity (Wildman–Crippen MR) is 67.9 cm³/mol. The zero-order valence-electron chi connectivity index (χ0n) is 10.9. The number of amides is 1. The molecule has 0 bridgehead atoms. The van der Waals surface area contributed by atoms with Crippen molar-refractivity contribution >= 4 is 11.9 Å². The molecule has 0 aromatic heterocycles. The highest BCUT2D eigenvalue weighted by atomic mass is 16.7. The van der Waals surface area contributed by atoms with Crippen LogP contribution in [0.5, 0.6) is 11.5 Å². The van der Waals surface area contributed by atoms with E-state index in [2.05, 4.69) is 5.32 Å². The van der Waals surface area contributed by atoms with Gasteiger partial charge in [0.05, 0.1) is 0 Å². The van der Waals surface area contributed by atoms with Crippen molar-refractivity contribution in [1.29, 1.82) is 0 Å². The molecule has 20 heavy (non-hydrogen) atoms. The lowest BCUT2D eigenvalue weighted by Crippen LogP contribution is -2.41. The topological polar surface area (TPSA) is 94.1 Å². The van der Waals surface area contributed by atoms with Crippen molar-refractivity contribution in [2.45, 2.75) is 12.5 Å². The lowest BCUT2D eigenvalue weighted by Gasteiger charge is -2.14. The summed E-state index contributed by atoms with van der Waals surface area (Å²) in [7, 11) is 1.47. The number of hydrogen-bond donors (Lipinski definition) is 2. The number of carbonyl (C=O) groups excluding carboxylic acids is 1. The standard InChI is InChI=1S/C13H15NO6/c1-18-5-4-9(13(16)17)14-12(15)8-2-3-10-11(6-8)20-7-19-10/h2-3,6,9H,4-5,7H2,1H3,(H,14,15)(H,16,17)/t9-/m0/s1. The Kier molecular flexibility index (Phi) is 4.41. The van der Waals surface area contributed by atoms with E-state index in [4.69, 9.17) is 19.3 Å². The maximum atomic E-state index is 12.0. The maximum absolute atomic E-state index is 12.0. The van der Waals surface area contributed by atoms with Crippen LogP contribution in [0.25, 0.3) is 0 Å². The van der Waals surface area contributed by atoms with E-state index in [1.54, 1.807) is 12.1 Å². The van der Waals surface area contributed by atoms with Crippen LogP contribution in [0.15, 0.2) is 18.2 Å². The smallest absolute Gasteiger partial charge is 0.326 e. The van der Waals surface area contributed by atoms with Crippen LogP contribution in [-0.4, -0.2) is 43.5 Å². The Balaban J connectivity index is 2.04. The van der Waals surface area contributed by atoms with Crippen LogP contribution in [0, 0.1) is 0 Å². The second kappa shape index (κ2) is 6.25. The SMILES string of the molecule is COCC[C@H](NC(=O)c1ccc2c(c1)OCO2)C(=O)O. The summed E-state index contributed by atoms with van der Waals surface area (Å²) in [6.45, 7) is 0.365. The van der Waals surface area contributed by atoms with Gasteiger partial charge in [-0.2, -0.15) is 0 Å². The quantitative estimate of drug-likeness (QED) is 0.794. The van der Waals surface area contributed by atoms with Crippen LogP contribution in [0.1, 0.15) is 16.8 Å². The first-order valence-electron chi connectivity index (χ1n) is 6.04. The number of fused-ring (bicyclic) bond motifs is 1. The molecule has 1 atom stereocenters. The summed E-state index contributed by atoms with van der Waals surface area (Å²) in [6.07, 6.45) is 0.197. The lowest BCUT2D eigenvalue weighted by atomic mass is 10.1. The Morgan fingerprint density at radius 3 is 2.85 bits per heavy atom. The maximum Gasteiger partial charge on any atom is 0.326 e. The molecule has 0 saturated carbocycles. The average molecular weight is 281 g/mol. The minimum atomic E-state index is -1.10. The monoisotopic (exact) mass is 281 g/mol. The molecule has 2 rings (SSSR count). The number of hydrogen-bond acceptors (Lipinski definition) is 5. The molecule has 1 aromatic carbocycles.